The van der Waals surface area contributed by atoms with E-state index in [2.05, 4.69) is 41.8 Å². The number of carbonyl (C=O) groups is 1. The number of thioether (sulfide) groups is 1. The number of hydrogen-bond donors (Lipinski definition) is 2. The molecule has 3 rings (SSSR count). The summed E-state index contributed by atoms with van der Waals surface area (Å²) in [5.74, 6) is 1.04. The predicted molar refractivity (Wildman–Crippen MR) is 97.1 cm³/mol. The summed E-state index contributed by atoms with van der Waals surface area (Å²) in [5.41, 5.74) is 3.36. The molecule has 1 atom stereocenters. The van der Waals surface area contributed by atoms with Crippen molar-refractivity contribution in [3.63, 3.8) is 0 Å². The van der Waals surface area contributed by atoms with Crippen LogP contribution in [-0.4, -0.2) is 11.8 Å². The Morgan fingerprint density at radius 1 is 1.17 bits per heavy atom. The number of rotatable bonds is 4. The first-order valence-corrected chi connectivity index (χ1v) is 9.13. The molecule has 2 aromatic rings. The summed E-state index contributed by atoms with van der Waals surface area (Å²) < 4.78 is 0. The van der Waals surface area contributed by atoms with E-state index in [0.29, 0.717) is 0 Å². The van der Waals surface area contributed by atoms with Crippen LogP contribution in [0.2, 0.25) is 0 Å². The first kappa shape index (κ1) is 15.9. The molecule has 23 heavy (non-hydrogen) atoms. The molecule has 120 valence electrons. The second-order valence-corrected chi connectivity index (χ2v) is 6.91. The van der Waals surface area contributed by atoms with Crippen molar-refractivity contribution in [1.82, 2.24) is 5.32 Å². The Hall–Kier alpha value is -1.94. The molecule has 4 heteroatoms. The van der Waals surface area contributed by atoms with Gasteiger partial charge in [-0.3, -0.25) is 0 Å². The first-order valence-electron chi connectivity index (χ1n) is 8.14. The Bertz CT molecular complexity index is 669. The van der Waals surface area contributed by atoms with Gasteiger partial charge in [0.05, 0.1) is 6.04 Å². The quantitative estimate of drug-likeness (QED) is 0.830. The molecular formula is C19H22N2OS. The predicted octanol–water partition coefficient (Wildman–Crippen LogP) is 5.00. The molecule has 3 nitrogen and oxygen atoms in total. The lowest BCUT2D eigenvalue weighted by Gasteiger charge is -2.25. The molecule has 0 saturated heterocycles. The maximum absolute atomic E-state index is 12.3. The number of hydrogen-bond acceptors (Lipinski definition) is 2. The summed E-state index contributed by atoms with van der Waals surface area (Å²) in [6, 6.07) is 16.3. The van der Waals surface area contributed by atoms with Crippen molar-refractivity contribution < 1.29 is 4.79 Å². The van der Waals surface area contributed by atoms with Gasteiger partial charge in [-0.15, -0.1) is 11.8 Å². The van der Waals surface area contributed by atoms with Gasteiger partial charge in [0.1, 0.15) is 0 Å². The van der Waals surface area contributed by atoms with E-state index in [1.807, 2.05) is 36.0 Å². The maximum Gasteiger partial charge on any atom is 0.319 e. The molecule has 1 aliphatic rings. The molecule has 1 aliphatic heterocycles. The van der Waals surface area contributed by atoms with Crippen LogP contribution in [0.15, 0.2) is 53.4 Å². The lowest BCUT2D eigenvalue weighted by atomic mass is 10.0. The highest BCUT2D eigenvalue weighted by Crippen LogP contribution is 2.35. The topological polar surface area (TPSA) is 41.1 Å². The Balaban J connectivity index is 1.62. The van der Waals surface area contributed by atoms with Crippen molar-refractivity contribution in [2.75, 3.05) is 11.1 Å². The van der Waals surface area contributed by atoms with Gasteiger partial charge in [-0.25, -0.2) is 4.79 Å². The second kappa shape index (κ2) is 7.55. The Kier molecular flexibility index (Phi) is 5.23. The molecule has 1 heterocycles. The molecule has 0 aromatic heterocycles. The summed E-state index contributed by atoms with van der Waals surface area (Å²) in [6.45, 7) is 2.17. The standard InChI is InChI=1S/C19H22N2OS/c1-2-5-14-8-10-15(11-9-14)20-19(22)21-17-12-13-23-18-7-4-3-6-16(17)18/h3-4,6-11,17H,2,5,12-13H2,1H3,(H2,20,21,22). The smallest absolute Gasteiger partial charge is 0.319 e. The highest BCUT2D eigenvalue weighted by Gasteiger charge is 2.21. The minimum Gasteiger partial charge on any atom is -0.331 e. The van der Waals surface area contributed by atoms with Crippen LogP contribution in [0.3, 0.4) is 0 Å². The Morgan fingerprint density at radius 2 is 1.96 bits per heavy atom. The number of fused-ring (bicyclic) bond motifs is 1. The van der Waals surface area contributed by atoms with E-state index in [9.17, 15) is 4.79 Å². The monoisotopic (exact) mass is 326 g/mol. The van der Waals surface area contributed by atoms with Gasteiger partial charge in [-0.05, 0) is 42.2 Å². The van der Waals surface area contributed by atoms with Gasteiger partial charge in [-0.1, -0.05) is 43.7 Å². The molecule has 2 amide bonds. The van der Waals surface area contributed by atoms with Crippen LogP contribution >= 0.6 is 11.8 Å². The van der Waals surface area contributed by atoms with Crippen LogP contribution in [-0.2, 0) is 6.42 Å². The van der Waals surface area contributed by atoms with E-state index < -0.39 is 0 Å². The minimum absolute atomic E-state index is 0.0896. The number of carbonyl (C=O) groups excluding carboxylic acids is 1. The molecule has 0 bridgehead atoms. The SMILES string of the molecule is CCCc1ccc(NC(=O)NC2CCSc3ccccc32)cc1. The normalized spacial score (nSPS) is 16.5. The summed E-state index contributed by atoms with van der Waals surface area (Å²) in [7, 11) is 0. The highest BCUT2D eigenvalue weighted by molar-refractivity contribution is 7.99. The molecule has 1 unspecified atom stereocenters. The van der Waals surface area contributed by atoms with Crippen molar-refractivity contribution in [2.45, 2.75) is 37.1 Å². The third-order valence-electron chi connectivity index (χ3n) is 4.01. The van der Waals surface area contributed by atoms with Gasteiger partial charge in [-0.2, -0.15) is 0 Å². The van der Waals surface area contributed by atoms with Crippen molar-refractivity contribution >= 4 is 23.5 Å². The first-order chi connectivity index (χ1) is 11.3. The number of aryl methyl sites for hydroxylation is 1. The van der Waals surface area contributed by atoms with Crippen LogP contribution in [0.4, 0.5) is 10.5 Å². The Morgan fingerprint density at radius 3 is 2.74 bits per heavy atom. The summed E-state index contributed by atoms with van der Waals surface area (Å²) in [4.78, 5) is 13.5. The molecule has 2 N–H and O–H groups in total. The molecular weight excluding hydrogens is 304 g/mol. The number of urea groups is 1. The van der Waals surface area contributed by atoms with Gasteiger partial charge in [0.25, 0.3) is 0 Å². The van der Waals surface area contributed by atoms with E-state index >= 15 is 0 Å². The summed E-state index contributed by atoms with van der Waals surface area (Å²) >= 11 is 1.86. The molecule has 2 aromatic carbocycles. The minimum atomic E-state index is -0.139. The van der Waals surface area contributed by atoms with Crippen LogP contribution in [0.25, 0.3) is 0 Å². The van der Waals surface area contributed by atoms with Gasteiger partial charge in [0, 0.05) is 16.3 Å². The van der Waals surface area contributed by atoms with Crippen molar-refractivity contribution in [2.24, 2.45) is 0 Å². The van der Waals surface area contributed by atoms with Crippen LogP contribution in [0.1, 0.15) is 36.9 Å². The molecule has 0 radical (unpaired) electrons. The Labute approximate surface area is 141 Å². The fourth-order valence-corrected chi connectivity index (χ4v) is 3.99. The molecule has 0 fully saturated rings. The van der Waals surface area contributed by atoms with Gasteiger partial charge >= 0.3 is 6.03 Å². The van der Waals surface area contributed by atoms with Crippen molar-refractivity contribution in [3.8, 4) is 0 Å². The summed E-state index contributed by atoms with van der Waals surface area (Å²) in [5, 5.41) is 6.03. The number of anilines is 1. The third-order valence-corrected chi connectivity index (χ3v) is 5.14. The van der Waals surface area contributed by atoms with Crippen LogP contribution < -0.4 is 10.6 Å². The van der Waals surface area contributed by atoms with Crippen molar-refractivity contribution in [1.29, 1.82) is 0 Å². The zero-order chi connectivity index (χ0) is 16.1. The molecule has 0 aliphatic carbocycles. The zero-order valence-electron chi connectivity index (χ0n) is 13.3. The van der Waals surface area contributed by atoms with Gasteiger partial charge in [0.2, 0.25) is 0 Å². The number of amides is 2. The maximum atomic E-state index is 12.3. The fraction of sp³-hybridized carbons (Fsp3) is 0.316. The van der Waals surface area contributed by atoms with Crippen molar-refractivity contribution in [3.05, 3.63) is 59.7 Å². The van der Waals surface area contributed by atoms with E-state index in [0.717, 1.165) is 30.7 Å². The lowest BCUT2D eigenvalue weighted by molar-refractivity contribution is 0.248. The van der Waals surface area contributed by atoms with Crippen LogP contribution in [0, 0.1) is 0 Å². The summed E-state index contributed by atoms with van der Waals surface area (Å²) in [6.07, 6.45) is 3.17. The van der Waals surface area contributed by atoms with E-state index in [-0.39, 0.29) is 12.1 Å². The lowest BCUT2D eigenvalue weighted by Crippen LogP contribution is -2.34. The number of benzene rings is 2. The molecule has 0 spiro atoms. The average Bonchev–Trinajstić information content (AvgIpc) is 2.57. The van der Waals surface area contributed by atoms with E-state index in [4.69, 9.17) is 0 Å². The zero-order valence-corrected chi connectivity index (χ0v) is 14.2. The van der Waals surface area contributed by atoms with Crippen LogP contribution in [0.5, 0.6) is 0 Å². The largest absolute Gasteiger partial charge is 0.331 e. The highest BCUT2D eigenvalue weighted by atomic mass is 32.2. The van der Waals surface area contributed by atoms with E-state index in [1.165, 1.54) is 16.0 Å². The fourth-order valence-electron chi connectivity index (χ4n) is 2.86. The van der Waals surface area contributed by atoms with Gasteiger partial charge in [0.15, 0.2) is 0 Å². The number of nitrogens with one attached hydrogen (secondary N) is 2. The second-order valence-electron chi connectivity index (χ2n) is 5.77. The third kappa shape index (κ3) is 4.08. The van der Waals surface area contributed by atoms with E-state index in [1.54, 1.807) is 0 Å². The van der Waals surface area contributed by atoms with Gasteiger partial charge < -0.3 is 10.6 Å². The molecule has 0 saturated carbocycles. The average molecular weight is 326 g/mol.